The smallest absolute Gasteiger partial charge is 0.158 e. The van der Waals surface area contributed by atoms with Crippen molar-refractivity contribution in [1.29, 1.82) is 5.26 Å². The molecule has 1 N–H and O–H groups in total. The first-order valence-electron chi connectivity index (χ1n) is 11.4. The van der Waals surface area contributed by atoms with E-state index in [4.69, 9.17) is 0 Å². The number of piperidine rings is 1. The van der Waals surface area contributed by atoms with Crippen LogP contribution in [-0.2, 0) is 0 Å². The highest BCUT2D eigenvalue weighted by atomic mass is 19.1. The lowest BCUT2D eigenvalue weighted by atomic mass is 9.96. The summed E-state index contributed by atoms with van der Waals surface area (Å²) >= 11 is 0. The Balaban J connectivity index is 1.36. The molecule has 0 amide bonds. The lowest BCUT2D eigenvalue weighted by Gasteiger charge is -2.38. The molecule has 2 fully saturated rings. The molecule has 33 heavy (non-hydrogen) atoms. The SMILES string of the molecule is CN1CCN(CC2CCN(c3nc(C#N)cc4[nH]c(-c5cc(F)cc(F)c5)nc34)CC2)CC1. The third-order valence-electron chi connectivity index (χ3n) is 6.73. The number of likely N-dealkylation sites (N-methyl/N-ethyl adjacent to an activating group) is 1. The van der Waals surface area contributed by atoms with Gasteiger partial charge in [0.15, 0.2) is 5.82 Å². The fourth-order valence-corrected chi connectivity index (χ4v) is 4.83. The van der Waals surface area contributed by atoms with E-state index in [0.717, 1.165) is 64.7 Å². The number of nitriles is 1. The summed E-state index contributed by atoms with van der Waals surface area (Å²) in [6, 6.07) is 7.06. The molecule has 172 valence electrons. The molecule has 0 aliphatic carbocycles. The van der Waals surface area contributed by atoms with Gasteiger partial charge in [-0.25, -0.2) is 18.7 Å². The van der Waals surface area contributed by atoms with E-state index in [1.165, 1.54) is 12.1 Å². The average Bonchev–Trinajstić information content (AvgIpc) is 3.24. The van der Waals surface area contributed by atoms with Crippen molar-refractivity contribution in [3.63, 3.8) is 0 Å². The molecule has 0 atom stereocenters. The maximum atomic E-state index is 13.7. The van der Waals surface area contributed by atoms with Crippen LogP contribution >= 0.6 is 0 Å². The van der Waals surface area contributed by atoms with Crippen molar-refractivity contribution in [3.05, 3.63) is 41.6 Å². The number of nitrogens with one attached hydrogen (secondary N) is 1. The molecule has 2 saturated heterocycles. The van der Waals surface area contributed by atoms with Crippen molar-refractivity contribution in [2.24, 2.45) is 5.92 Å². The number of piperazine rings is 1. The molecule has 0 radical (unpaired) electrons. The Labute approximate surface area is 191 Å². The fourth-order valence-electron chi connectivity index (χ4n) is 4.83. The van der Waals surface area contributed by atoms with E-state index in [-0.39, 0.29) is 5.69 Å². The van der Waals surface area contributed by atoms with Crippen molar-refractivity contribution in [2.75, 3.05) is 57.8 Å². The molecule has 9 heteroatoms. The second-order valence-electron chi connectivity index (χ2n) is 9.12. The highest BCUT2D eigenvalue weighted by Gasteiger charge is 2.26. The molecule has 4 heterocycles. The van der Waals surface area contributed by atoms with Gasteiger partial charge in [0.25, 0.3) is 0 Å². The molecular weight excluding hydrogens is 424 g/mol. The first-order valence-corrected chi connectivity index (χ1v) is 11.4. The number of benzene rings is 1. The summed E-state index contributed by atoms with van der Waals surface area (Å²) in [6.07, 6.45) is 2.11. The van der Waals surface area contributed by atoms with Crippen LogP contribution in [0, 0.1) is 28.9 Å². The van der Waals surface area contributed by atoms with Gasteiger partial charge in [-0.05, 0) is 37.9 Å². The molecule has 0 unspecified atom stereocenters. The number of hydrogen-bond acceptors (Lipinski definition) is 6. The topological polar surface area (TPSA) is 75.1 Å². The van der Waals surface area contributed by atoms with Gasteiger partial charge in [-0.1, -0.05) is 0 Å². The number of rotatable bonds is 4. The molecule has 2 aromatic heterocycles. The monoisotopic (exact) mass is 451 g/mol. The Bertz CT molecular complexity index is 1170. The molecule has 0 bridgehead atoms. The standard InChI is InChI=1S/C24H27F2N7/c1-31-6-8-32(9-7-31)15-16-2-4-33(5-3-16)24-22-21(13-20(14-27)28-24)29-23(30-22)17-10-18(25)12-19(26)11-17/h10-13,16H,2-9,15H2,1H3,(H,29,30). The zero-order chi connectivity index (χ0) is 22.9. The van der Waals surface area contributed by atoms with Crippen molar-refractivity contribution in [2.45, 2.75) is 12.8 Å². The van der Waals surface area contributed by atoms with Crippen LogP contribution in [0.25, 0.3) is 22.4 Å². The first kappa shape index (κ1) is 21.7. The Hall–Kier alpha value is -3.09. The molecule has 2 aliphatic heterocycles. The van der Waals surface area contributed by atoms with E-state index in [0.29, 0.717) is 34.2 Å². The van der Waals surface area contributed by atoms with E-state index in [1.54, 1.807) is 6.07 Å². The van der Waals surface area contributed by atoms with E-state index in [1.807, 2.05) is 0 Å². The van der Waals surface area contributed by atoms with Crippen LogP contribution in [0.4, 0.5) is 14.6 Å². The van der Waals surface area contributed by atoms with E-state index >= 15 is 0 Å². The molecule has 3 aromatic rings. The zero-order valence-electron chi connectivity index (χ0n) is 18.7. The van der Waals surface area contributed by atoms with Crippen molar-refractivity contribution in [3.8, 4) is 17.5 Å². The second kappa shape index (κ2) is 9.04. The van der Waals surface area contributed by atoms with E-state index in [9.17, 15) is 14.0 Å². The minimum Gasteiger partial charge on any atom is -0.355 e. The van der Waals surface area contributed by atoms with Gasteiger partial charge in [-0.15, -0.1) is 0 Å². The van der Waals surface area contributed by atoms with Crippen LogP contribution < -0.4 is 4.90 Å². The van der Waals surface area contributed by atoms with Crippen molar-refractivity contribution >= 4 is 16.9 Å². The van der Waals surface area contributed by atoms with Crippen LogP contribution in [0.2, 0.25) is 0 Å². The number of anilines is 1. The number of pyridine rings is 1. The van der Waals surface area contributed by atoms with Crippen LogP contribution in [0.15, 0.2) is 24.3 Å². The van der Waals surface area contributed by atoms with E-state index < -0.39 is 11.6 Å². The summed E-state index contributed by atoms with van der Waals surface area (Å²) in [5.41, 5.74) is 1.86. The van der Waals surface area contributed by atoms with Gasteiger partial charge in [0.2, 0.25) is 0 Å². The molecular formula is C24H27F2N7. The van der Waals surface area contributed by atoms with Crippen LogP contribution in [0.3, 0.4) is 0 Å². The second-order valence-corrected chi connectivity index (χ2v) is 9.12. The number of hydrogen-bond donors (Lipinski definition) is 1. The first-order chi connectivity index (χ1) is 16.0. The third kappa shape index (κ3) is 4.68. The van der Waals surface area contributed by atoms with Gasteiger partial charge in [0, 0.05) is 63.5 Å². The lowest BCUT2D eigenvalue weighted by molar-refractivity contribution is 0.129. The number of H-pyrrole nitrogens is 1. The number of nitrogens with zero attached hydrogens (tertiary/aromatic N) is 6. The summed E-state index contributed by atoms with van der Waals surface area (Å²) in [5.74, 6) is 0.324. The molecule has 5 rings (SSSR count). The maximum absolute atomic E-state index is 13.7. The normalized spacial score (nSPS) is 18.7. The molecule has 0 saturated carbocycles. The van der Waals surface area contributed by atoms with E-state index in [2.05, 4.69) is 42.8 Å². The van der Waals surface area contributed by atoms with Gasteiger partial charge in [-0.3, -0.25) is 0 Å². The van der Waals surface area contributed by atoms with Gasteiger partial charge >= 0.3 is 0 Å². The zero-order valence-corrected chi connectivity index (χ0v) is 18.7. The molecule has 2 aliphatic rings. The molecule has 1 aromatic carbocycles. The quantitative estimate of drug-likeness (QED) is 0.657. The van der Waals surface area contributed by atoms with Gasteiger partial charge in [0.05, 0.1) is 5.52 Å². The minimum absolute atomic E-state index is 0.290. The summed E-state index contributed by atoms with van der Waals surface area (Å²) in [4.78, 5) is 19.4. The highest BCUT2D eigenvalue weighted by molar-refractivity contribution is 5.89. The number of halogens is 2. The number of imidazole rings is 1. The Kier molecular flexibility index (Phi) is 5.96. The fraction of sp³-hybridized carbons (Fsp3) is 0.458. The highest BCUT2D eigenvalue weighted by Crippen LogP contribution is 2.31. The maximum Gasteiger partial charge on any atom is 0.158 e. The van der Waals surface area contributed by atoms with Crippen LogP contribution in [0.1, 0.15) is 18.5 Å². The Morgan fingerprint density at radius 3 is 2.36 bits per heavy atom. The van der Waals surface area contributed by atoms with Crippen molar-refractivity contribution in [1.82, 2.24) is 24.8 Å². The molecule has 7 nitrogen and oxygen atoms in total. The molecule has 0 spiro atoms. The Morgan fingerprint density at radius 2 is 1.70 bits per heavy atom. The largest absolute Gasteiger partial charge is 0.355 e. The number of aromatic nitrogens is 3. The summed E-state index contributed by atoms with van der Waals surface area (Å²) in [7, 11) is 2.17. The third-order valence-corrected chi connectivity index (χ3v) is 6.73. The van der Waals surface area contributed by atoms with Crippen molar-refractivity contribution < 1.29 is 8.78 Å². The summed E-state index contributed by atoms with van der Waals surface area (Å²) in [5, 5.41) is 9.49. The number of fused-ring (bicyclic) bond motifs is 1. The lowest BCUT2D eigenvalue weighted by Crippen LogP contribution is -2.47. The number of aromatic amines is 1. The van der Waals surface area contributed by atoms with Crippen LogP contribution in [0.5, 0.6) is 0 Å². The predicted octanol–water partition coefficient (Wildman–Crippen LogP) is 3.24. The van der Waals surface area contributed by atoms with Gasteiger partial charge < -0.3 is 19.7 Å². The van der Waals surface area contributed by atoms with Gasteiger partial charge in [0.1, 0.15) is 34.7 Å². The van der Waals surface area contributed by atoms with Gasteiger partial charge in [-0.2, -0.15) is 5.26 Å². The summed E-state index contributed by atoms with van der Waals surface area (Å²) < 4.78 is 27.5. The van der Waals surface area contributed by atoms with Crippen LogP contribution in [-0.4, -0.2) is 77.6 Å². The average molecular weight is 452 g/mol. The summed E-state index contributed by atoms with van der Waals surface area (Å²) in [6.45, 7) is 7.30. The Morgan fingerprint density at radius 1 is 1.00 bits per heavy atom. The predicted molar refractivity (Wildman–Crippen MR) is 123 cm³/mol. The minimum atomic E-state index is -0.663.